The fraction of sp³-hybridized carbons (Fsp3) is 0.250. The quantitative estimate of drug-likeness (QED) is 0.416. The topological polar surface area (TPSA) is 155 Å². The molecule has 1 atom stereocenters. The second-order valence-electron chi connectivity index (χ2n) is 5.08. The molecule has 0 aliphatic heterocycles. The van der Waals surface area contributed by atoms with Gasteiger partial charge in [0.05, 0.1) is 25.3 Å². The summed E-state index contributed by atoms with van der Waals surface area (Å²) in [7, 11) is 2.97. The van der Waals surface area contributed by atoms with Gasteiger partial charge in [0.25, 0.3) is 0 Å². The Morgan fingerprint density at radius 3 is 2.52 bits per heavy atom. The van der Waals surface area contributed by atoms with Crippen LogP contribution in [0.4, 0.5) is 8.78 Å². The van der Waals surface area contributed by atoms with Crippen molar-refractivity contribution in [3.63, 3.8) is 0 Å². The molecule has 0 saturated carbocycles. The van der Waals surface area contributed by atoms with Gasteiger partial charge >= 0.3 is 41.3 Å². The molecule has 1 unspecified atom stereocenters. The molecule has 0 spiro atoms. The number of H-pyrrole nitrogens is 1. The molecule has 2 heterocycles. The molecule has 0 radical (unpaired) electrons. The first-order valence-corrected chi connectivity index (χ1v) is 8.72. The van der Waals surface area contributed by atoms with Gasteiger partial charge in [0.15, 0.2) is 17.3 Å². The number of nitrogens with one attached hydrogen (secondary N) is 1. The number of methoxy groups -OCH3 is 2. The standard InChI is InChI=1S/C16H15F2N3O4S.Na.2H2O.H/c1-23-13-5-6-19-12(14(13)24-2)8-26(22)16-20-10-4-3-9(25-15(17)18)7-11(10)21-16;;;;/h3-7,15H,8H2,1-2H3,(H,20,21);;2*1H2;. The number of hydrogen-bond donors (Lipinski definition) is 1. The van der Waals surface area contributed by atoms with Gasteiger partial charge in [0, 0.05) is 29.5 Å². The monoisotopic (exact) mass is 443 g/mol. The van der Waals surface area contributed by atoms with Gasteiger partial charge in [-0.15, -0.1) is 0 Å². The van der Waals surface area contributed by atoms with E-state index >= 15 is 0 Å². The number of rotatable bonds is 7. The normalized spacial score (nSPS) is 11.1. The van der Waals surface area contributed by atoms with Gasteiger partial charge in [-0.1, -0.05) is 0 Å². The van der Waals surface area contributed by atoms with E-state index in [2.05, 4.69) is 19.7 Å². The van der Waals surface area contributed by atoms with E-state index in [1.54, 1.807) is 6.07 Å². The second-order valence-corrected chi connectivity index (χ2v) is 6.45. The molecule has 13 heteroatoms. The molecule has 5 N–H and O–H groups in total. The van der Waals surface area contributed by atoms with Crippen LogP contribution < -0.4 is 14.2 Å². The van der Waals surface area contributed by atoms with E-state index in [1.165, 1.54) is 38.6 Å². The fourth-order valence-corrected chi connectivity index (χ4v) is 3.41. The minimum absolute atomic E-state index is 0. The van der Waals surface area contributed by atoms with Crippen LogP contribution in [0.3, 0.4) is 0 Å². The van der Waals surface area contributed by atoms with Crippen LogP contribution in [0.15, 0.2) is 35.6 Å². The maximum absolute atomic E-state index is 12.6. The van der Waals surface area contributed by atoms with Crippen molar-refractivity contribution in [3.05, 3.63) is 36.2 Å². The number of halogens is 2. The third-order valence-electron chi connectivity index (χ3n) is 3.51. The van der Waals surface area contributed by atoms with Gasteiger partial charge in [-0.2, -0.15) is 13.8 Å². The number of pyridine rings is 1. The van der Waals surface area contributed by atoms with E-state index < -0.39 is 17.8 Å². The van der Waals surface area contributed by atoms with Crippen LogP contribution in [0.5, 0.6) is 17.2 Å². The maximum atomic E-state index is 12.6. The molecule has 156 valence electrons. The zero-order valence-corrected chi connectivity index (χ0v) is 15.7. The van der Waals surface area contributed by atoms with Crippen molar-refractivity contribution in [1.82, 2.24) is 15.0 Å². The average molecular weight is 443 g/mol. The number of imidazole rings is 1. The predicted octanol–water partition coefficient (Wildman–Crippen LogP) is 0.586. The summed E-state index contributed by atoms with van der Waals surface area (Å²) < 4.78 is 52.1. The van der Waals surface area contributed by atoms with Crippen LogP contribution in [-0.4, -0.2) is 80.8 Å². The van der Waals surface area contributed by atoms with E-state index in [9.17, 15) is 13.3 Å². The zero-order valence-electron chi connectivity index (χ0n) is 14.9. The van der Waals surface area contributed by atoms with Gasteiger partial charge in [-0.05, 0) is 12.1 Å². The van der Waals surface area contributed by atoms with Crippen LogP contribution in [0.1, 0.15) is 5.69 Å². The Hall–Kier alpha value is -1.67. The van der Waals surface area contributed by atoms with E-state index in [4.69, 9.17) is 9.47 Å². The molecular weight excluding hydrogens is 423 g/mol. The van der Waals surface area contributed by atoms with E-state index in [0.717, 1.165) is 0 Å². The SMILES string of the molecule is COc1ccnc(C[S+]([O-])c2nc3cc(OC(F)F)ccc3[nH]2)c1OC.O.O.[NaH]. The van der Waals surface area contributed by atoms with Crippen molar-refractivity contribution in [1.29, 1.82) is 0 Å². The van der Waals surface area contributed by atoms with Crippen LogP contribution in [0, 0.1) is 0 Å². The van der Waals surface area contributed by atoms with E-state index in [-0.39, 0.29) is 57.2 Å². The molecular formula is C16H20F2N3NaO6S. The predicted molar refractivity (Wildman–Crippen MR) is 105 cm³/mol. The van der Waals surface area contributed by atoms with Gasteiger partial charge in [0.1, 0.15) is 11.4 Å². The summed E-state index contributed by atoms with van der Waals surface area (Å²) in [6.45, 7) is -2.92. The fourth-order valence-electron chi connectivity index (χ4n) is 2.39. The van der Waals surface area contributed by atoms with Crippen molar-refractivity contribution < 1.29 is 38.5 Å². The molecule has 3 rings (SSSR count). The molecule has 9 nitrogen and oxygen atoms in total. The van der Waals surface area contributed by atoms with Crippen molar-refractivity contribution in [2.75, 3.05) is 14.2 Å². The van der Waals surface area contributed by atoms with E-state index in [0.29, 0.717) is 28.2 Å². The zero-order chi connectivity index (χ0) is 18.7. The Morgan fingerprint density at radius 2 is 1.90 bits per heavy atom. The number of aromatic nitrogens is 3. The molecule has 0 aliphatic carbocycles. The molecule has 0 amide bonds. The molecule has 1 aromatic carbocycles. The third-order valence-corrected chi connectivity index (χ3v) is 4.67. The number of ether oxygens (including phenoxy) is 3. The van der Waals surface area contributed by atoms with Gasteiger partial charge in [-0.25, -0.2) is 0 Å². The number of benzene rings is 1. The van der Waals surface area contributed by atoms with Crippen molar-refractivity contribution in [2.24, 2.45) is 0 Å². The van der Waals surface area contributed by atoms with E-state index in [1.807, 2.05) is 0 Å². The van der Waals surface area contributed by atoms with Gasteiger partial charge in [-0.3, -0.25) is 9.97 Å². The Morgan fingerprint density at radius 1 is 1.17 bits per heavy atom. The summed E-state index contributed by atoms with van der Waals surface area (Å²) in [6.07, 6.45) is 1.53. The number of nitrogens with zero attached hydrogens (tertiary/aromatic N) is 2. The Bertz CT molecular complexity index is 917. The van der Waals surface area contributed by atoms with Crippen LogP contribution in [0.2, 0.25) is 0 Å². The van der Waals surface area contributed by atoms with Crippen LogP contribution in [0.25, 0.3) is 11.0 Å². The first-order chi connectivity index (χ1) is 12.5. The Kier molecular flexibility index (Phi) is 11.4. The average Bonchev–Trinajstić information content (AvgIpc) is 3.04. The van der Waals surface area contributed by atoms with Crippen molar-refractivity contribution in [3.8, 4) is 17.2 Å². The molecule has 3 aromatic rings. The molecule has 0 aliphatic rings. The first-order valence-electron chi connectivity index (χ1n) is 7.40. The summed E-state index contributed by atoms with van der Waals surface area (Å²) >= 11 is -1.56. The summed E-state index contributed by atoms with van der Waals surface area (Å²) in [5.41, 5.74) is 1.38. The van der Waals surface area contributed by atoms with Crippen LogP contribution >= 0.6 is 0 Å². The molecule has 0 bridgehead atoms. The number of fused-ring (bicyclic) bond motifs is 1. The number of alkyl halides is 2. The second kappa shape index (κ2) is 12.1. The van der Waals surface area contributed by atoms with Crippen molar-refractivity contribution >= 4 is 51.8 Å². The summed E-state index contributed by atoms with van der Waals surface area (Å²) in [5.74, 6) is 0.896. The first kappa shape index (κ1) is 27.3. The van der Waals surface area contributed by atoms with Crippen molar-refractivity contribution in [2.45, 2.75) is 17.5 Å². The molecule has 0 fully saturated rings. The van der Waals surface area contributed by atoms with Crippen LogP contribution in [-0.2, 0) is 16.9 Å². The molecule has 29 heavy (non-hydrogen) atoms. The number of hydrogen-bond acceptors (Lipinski definition) is 6. The summed E-state index contributed by atoms with van der Waals surface area (Å²) in [4.78, 5) is 11.3. The summed E-state index contributed by atoms with van der Waals surface area (Å²) in [6, 6.07) is 5.90. The molecule has 2 aromatic heterocycles. The Balaban J connectivity index is 0.00000261. The number of aromatic amines is 1. The summed E-state index contributed by atoms with van der Waals surface area (Å²) in [5, 5.41) is 0.195. The van der Waals surface area contributed by atoms with Gasteiger partial charge in [0.2, 0.25) is 0 Å². The Labute approximate surface area is 189 Å². The van der Waals surface area contributed by atoms with Gasteiger partial charge < -0.3 is 29.7 Å². The third kappa shape index (κ3) is 6.40. The minimum atomic E-state index is -2.92. The molecule has 0 saturated heterocycles.